The van der Waals surface area contributed by atoms with Crippen LogP contribution in [-0.2, 0) is 17.8 Å². The number of carbonyl (C=O) groups is 2. The number of hydrogen-bond acceptors (Lipinski definition) is 4. The molecule has 7 nitrogen and oxygen atoms in total. The topological polar surface area (TPSA) is 74.9 Å². The predicted molar refractivity (Wildman–Crippen MR) is 147 cm³/mol. The van der Waals surface area contributed by atoms with E-state index in [1.54, 1.807) is 12.0 Å². The van der Waals surface area contributed by atoms with Crippen molar-refractivity contribution < 1.29 is 19.1 Å². The molecular weight excluding hydrogens is 478 g/mol. The quantitative estimate of drug-likeness (QED) is 0.359. The van der Waals surface area contributed by atoms with Crippen LogP contribution in [0.5, 0.6) is 11.5 Å². The average Bonchev–Trinajstić information content (AvgIpc) is 3.34. The van der Waals surface area contributed by atoms with Crippen molar-refractivity contribution >= 4 is 22.7 Å². The second-order valence-corrected chi connectivity index (χ2v) is 10.0. The largest absolute Gasteiger partial charge is 0.497 e. The number of fused-ring (bicyclic) bond motifs is 1. The lowest BCUT2D eigenvalue weighted by Crippen LogP contribution is -2.58. The fourth-order valence-electron chi connectivity index (χ4n) is 5.02. The van der Waals surface area contributed by atoms with Crippen LogP contribution in [0, 0.1) is 0 Å². The van der Waals surface area contributed by atoms with Gasteiger partial charge in [-0.05, 0) is 67.8 Å². The number of H-pyrrole nitrogens is 1. The molecule has 2 amide bonds. The minimum Gasteiger partial charge on any atom is -0.497 e. The van der Waals surface area contributed by atoms with E-state index < -0.39 is 0 Å². The minimum atomic E-state index is -0.182. The van der Waals surface area contributed by atoms with Gasteiger partial charge in [0, 0.05) is 24.0 Å². The van der Waals surface area contributed by atoms with Crippen LogP contribution in [-0.4, -0.2) is 58.9 Å². The van der Waals surface area contributed by atoms with Crippen LogP contribution in [0.1, 0.15) is 35.5 Å². The van der Waals surface area contributed by atoms with E-state index in [1.807, 2.05) is 85.5 Å². The van der Waals surface area contributed by atoms with E-state index in [0.717, 1.165) is 33.5 Å². The maximum Gasteiger partial charge on any atom is 0.270 e. The van der Waals surface area contributed by atoms with Crippen molar-refractivity contribution in [3.05, 3.63) is 95.7 Å². The van der Waals surface area contributed by atoms with E-state index in [4.69, 9.17) is 9.47 Å². The van der Waals surface area contributed by atoms with Gasteiger partial charge in [0.25, 0.3) is 5.91 Å². The molecule has 1 N–H and O–H groups in total. The molecule has 2 heterocycles. The summed E-state index contributed by atoms with van der Waals surface area (Å²) in [4.78, 5) is 33.9. The molecule has 7 heteroatoms. The van der Waals surface area contributed by atoms with Crippen molar-refractivity contribution in [3.63, 3.8) is 0 Å². The van der Waals surface area contributed by atoms with E-state index in [0.29, 0.717) is 25.2 Å². The number of methoxy groups -OCH3 is 1. The summed E-state index contributed by atoms with van der Waals surface area (Å²) in [6.07, 6.45) is 0.723. The molecule has 1 aromatic heterocycles. The van der Waals surface area contributed by atoms with Gasteiger partial charge < -0.3 is 24.3 Å². The summed E-state index contributed by atoms with van der Waals surface area (Å²) in [5.74, 6) is 1.26. The first-order chi connectivity index (χ1) is 18.4. The Labute approximate surface area is 223 Å². The highest BCUT2D eigenvalue weighted by molar-refractivity contribution is 6.00. The first-order valence-corrected chi connectivity index (χ1v) is 12.9. The average molecular weight is 512 g/mol. The normalized spacial score (nSPS) is 15.8. The number of hydrogen-bond donors (Lipinski definition) is 1. The summed E-state index contributed by atoms with van der Waals surface area (Å²) >= 11 is 0. The first-order valence-electron chi connectivity index (χ1n) is 12.9. The molecule has 0 spiro atoms. The van der Waals surface area contributed by atoms with Crippen molar-refractivity contribution in [3.8, 4) is 11.5 Å². The lowest BCUT2D eigenvalue weighted by Gasteiger charge is -2.41. The van der Waals surface area contributed by atoms with E-state index >= 15 is 0 Å². The first kappa shape index (κ1) is 25.4. The number of carbonyl (C=O) groups excluding carboxylic acids is 2. The Hall–Kier alpha value is -4.26. The Morgan fingerprint density at radius 3 is 2.53 bits per heavy atom. The van der Waals surface area contributed by atoms with E-state index in [9.17, 15) is 9.59 Å². The van der Waals surface area contributed by atoms with Gasteiger partial charge in [-0.3, -0.25) is 9.59 Å². The molecule has 0 bridgehead atoms. The minimum absolute atomic E-state index is 0.0327. The summed E-state index contributed by atoms with van der Waals surface area (Å²) in [6.45, 7) is 4.92. The lowest BCUT2D eigenvalue weighted by atomic mass is 10.0. The number of nitrogens with zero attached hydrogens (tertiary/aromatic N) is 2. The molecule has 38 heavy (non-hydrogen) atoms. The van der Waals surface area contributed by atoms with Gasteiger partial charge in [-0.1, -0.05) is 42.5 Å². The second-order valence-electron chi connectivity index (χ2n) is 10.0. The molecule has 1 aliphatic heterocycles. The van der Waals surface area contributed by atoms with Gasteiger partial charge in [-0.2, -0.15) is 0 Å². The van der Waals surface area contributed by atoms with Gasteiger partial charge in [0.15, 0.2) is 0 Å². The van der Waals surface area contributed by atoms with Crippen molar-refractivity contribution in [1.29, 1.82) is 0 Å². The lowest BCUT2D eigenvalue weighted by molar-refractivity contribution is -0.139. The highest BCUT2D eigenvalue weighted by Gasteiger charge is 2.35. The molecule has 0 aliphatic carbocycles. The number of rotatable bonds is 8. The van der Waals surface area contributed by atoms with Crippen LogP contribution in [0.4, 0.5) is 0 Å². The predicted octanol–water partition coefficient (Wildman–Crippen LogP) is 5.06. The second kappa shape index (κ2) is 11.0. The van der Waals surface area contributed by atoms with Crippen LogP contribution in [0.25, 0.3) is 10.9 Å². The molecule has 0 saturated carbocycles. The smallest absolute Gasteiger partial charge is 0.270 e. The molecule has 1 fully saturated rings. The van der Waals surface area contributed by atoms with Crippen molar-refractivity contribution in [1.82, 2.24) is 14.8 Å². The van der Waals surface area contributed by atoms with Crippen LogP contribution < -0.4 is 9.47 Å². The van der Waals surface area contributed by atoms with E-state index in [1.165, 1.54) is 0 Å². The van der Waals surface area contributed by atoms with Crippen molar-refractivity contribution in [2.45, 2.75) is 39.0 Å². The Kier molecular flexibility index (Phi) is 7.36. The van der Waals surface area contributed by atoms with Crippen molar-refractivity contribution in [2.75, 3.05) is 20.2 Å². The fraction of sp³-hybridized carbons (Fsp3) is 0.290. The third kappa shape index (κ3) is 5.67. The maximum atomic E-state index is 13.6. The standard InChI is InChI=1S/C31H33N3O4/c1-21(2)38-27-11-7-10-23(15-27)18-34-25(14-22-8-5-4-6-9-22)19-33(20-30(34)35)31(36)29-17-24-16-26(37-3)12-13-28(24)32-29/h4-13,15-17,21,25,32H,14,18-20H2,1-3H3/t25-/m0/s1. The van der Waals surface area contributed by atoms with Crippen LogP contribution in [0.15, 0.2) is 78.9 Å². The molecule has 0 radical (unpaired) electrons. The van der Waals surface area contributed by atoms with Gasteiger partial charge in [-0.25, -0.2) is 0 Å². The molecule has 196 valence electrons. The highest BCUT2D eigenvalue weighted by Crippen LogP contribution is 2.25. The summed E-state index contributed by atoms with van der Waals surface area (Å²) in [5, 5.41) is 0.891. The number of amides is 2. The van der Waals surface area contributed by atoms with Crippen molar-refractivity contribution in [2.24, 2.45) is 0 Å². The summed E-state index contributed by atoms with van der Waals surface area (Å²) in [5.41, 5.74) is 3.44. The van der Waals surface area contributed by atoms with Gasteiger partial charge in [0.2, 0.25) is 5.91 Å². The summed E-state index contributed by atoms with van der Waals surface area (Å²) in [7, 11) is 1.62. The third-order valence-corrected chi connectivity index (χ3v) is 6.80. The number of aromatic nitrogens is 1. The zero-order valence-electron chi connectivity index (χ0n) is 22.0. The van der Waals surface area contributed by atoms with Crippen LogP contribution in [0.2, 0.25) is 0 Å². The van der Waals surface area contributed by atoms with Gasteiger partial charge in [0.05, 0.1) is 19.3 Å². The van der Waals surface area contributed by atoms with Crippen LogP contribution >= 0.6 is 0 Å². The monoisotopic (exact) mass is 511 g/mol. The highest BCUT2D eigenvalue weighted by atomic mass is 16.5. The van der Waals surface area contributed by atoms with Gasteiger partial charge >= 0.3 is 0 Å². The number of benzene rings is 3. The number of nitrogens with one attached hydrogen (secondary N) is 1. The summed E-state index contributed by atoms with van der Waals surface area (Å²) < 4.78 is 11.2. The van der Waals surface area contributed by atoms with Crippen LogP contribution in [0.3, 0.4) is 0 Å². The molecule has 1 atom stereocenters. The fourth-order valence-corrected chi connectivity index (χ4v) is 5.02. The molecule has 4 aromatic rings. The zero-order valence-corrected chi connectivity index (χ0v) is 22.0. The van der Waals surface area contributed by atoms with Gasteiger partial charge in [-0.15, -0.1) is 0 Å². The van der Waals surface area contributed by atoms with E-state index in [-0.39, 0.29) is 30.5 Å². The molecule has 1 saturated heterocycles. The zero-order chi connectivity index (χ0) is 26.6. The molecular formula is C31H33N3O4. The molecule has 5 rings (SSSR count). The van der Waals surface area contributed by atoms with E-state index in [2.05, 4.69) is 17.1 Å². The summed E-state index contributed by atoms with van der Waals surface area (Å²) in [6, 6.07) is 25.3. The SMILES string of the molecule is COc1ccc2[nH]c(C(=O)N3CC(=O)N(Cc4cccc(OC(C)C)c4)[C@@H](Cc4ccccc4)C3)cc2c1. The Bertz CT molecular complexity index is 1430. The molecule has 3 aromatic carbocycles. The van der Waals surface area contributed by atoms with Gasteiger partial charge in [0.1, 0.15) is 23.7 Å². The molecule has 0 unspecified atom stereocenters. The number of piperazine rings is 1. The Morgan fingerprint density at radius 1 is 0.974 bits per heavy atom. The number of ether oxygens (including phenoxy) is 2. The Balaban J connectivity index is 1.39. The molecule has 1 aliphatic rings. The Morgan fingerprint density at radius 2 is 1.76 bits per heavy atom. The number of aromatic amines is 1. The maximum absolute atomic E-state index is 13.6. The third-order valence-electron chi connectivity index (χ3n) is 6.80.